The van der Waals surface area contributed by atoms with E-state index in [0.717, 1.165) is 10.9 Å². The van der Waals surface area contributed by atoms with Crippen molar-refractivity contribution in [3.05, 3.63) is 29.5 Å². The normalized spacial score (nSPS) is 10.4. The summed E-state index contributed by atoms with van der Waals surface area (Å²) in [5.74, 6) is 5.51. The topological polar surface area (TPSA) is 77.5 Å². The van der Waals surface area contributed by atoms with Gasteiger partial charge in [0.25, 0.3) is 0 Å². The Balaban J connectivity index is 2.73. The molecular weight excluding hydrogens is 208 g/mol. The molecule has 5 heteroatoms. The maximum atomic E-state index is 11.4. The second-order valence-electron chi connectivity index (χ2n) is 3.36. The number of nitrogens with one attached hydrogen (secondary N) is 1. The first kappa shape index (κ1) is 10.5. The minimum Gasteiger partial charge on any atom is -0.496 e. The van der Waals surface area contributed by atoms with Gasteiger partial charge in [-0.05, 0) is 19.1 Å². The van der Waals surface area contributed by atoms with E-state index in [0.29, 0.717) is 11.3 Å². The number of fused-ring (bicyclic) bond motifs is 1. The van der Waals surface area contributed by atoms with Crippen molar-refractivity contribution < 1.29 is 13.9 Å². The molecule has 0 spiro atoms. The van der Waals surface area contributed by atoms with Crippen molar-refractivity contribution in [1.82, 2.24) is 5.43 Å². The molecule has 2 rings (SSSR count). The number of carbonyl (C=O) groups excluding carboxylic acids is 1. The zero-order chi connectivity index (χ0) is 11.7. The Morgan fingerprint density at radius 1 is 1.50 bits per heavy atom. The van der Waals surface area contributed by atoms with Gasteiger partial charge in [-0.1, -0.05) is 6.07 Å². The number of hydrogen-bond acceptors (Lipinski definition) is 4. The number of aryl methyl sites for hydroxylation is 1. The highest BCUT2D eigenvalue weighted by molar-refractivity contribution is 6.00. The number of hydrogen-bond donors (Lipinski definition) is 2. The molecule has 0 aliphatic heterocycles. The lowest BCUT2D eigenvalue weighted by Gasteiger charge is -2.00. The minimum atomic E-state index is -0.448. The SMILES string of the molecule is COc1cccc2oc(C(=O)NN)c(C)c12. The van der Waals surface area contributed by atoms with Crippen LogP contribution < -0.4 is 16.0 Å². The van der Waals surface area contributed by atoms with E-state index in [1.165, 1.54) is 0 Å². The van der Waals surface area contributed by atoms with E-state index in [9.17, 15) is 4.79 Å². The largest absolute Gasteiger partial charge is 0.496 e. The summed E-state index contributed by atoms with van der Waals surface area (Å²) in [6, 6.07) is 5.39. The molecule has 1 amide bonds. The third-order valence-corrected chi connectivity index (χ3v) is 2.47. The number of methoxy groups -OCH3 is 1. The number of ether oxygens (including phenoxy) is 1. The fourth-order valence-corrected chi connectivity index (χ4v) is 1.72. The molecule has 0 unspecified atom stereocenters. The fourth-order valence-electron chi connectivity index (χ4n) is 1.72. The number of amides is 1. The van der Waals surface area contributed by atoms with Crippen molar-refractivity contribution in [2.24, 2.45) is 5.84 Å². The van der Waals surface area contributed by atoms with Gasteiger partial charge < -0.3 is 9.15 Å². The highest BCUT2D eigenvalue weighted by Crippen LogP contribution is 2.32. The molecule has 2 aromatic rings. The van der Waals surface area contributed by atoms with Gasteiger partial charge in [0, 0.05) is 5.56 Å². The van der Waals surface area contributed by atoms with Crippen molar-refractivity contribution in [2.45, 2.75) is 6.92 Å². The Bertz CT molecular complexity index is 545. The van der Waals surface area contributed by atoms with Gasteiger partial charge in [0.05, 0.1) is 12.5 Å². The molecule has 0 radical (unpaired) electrons. The van der Waals surface area contributed by atoms with Gasteiger partial charge in [-0.3, -0.25) is 10.2 Å². The fraction of sp³-hybridized carbons (Fsp3) is 0.182. The van der Waals surface area contributed by atoms with Crippen LogP contribution in [-0.4, -0.2) is 13.0 Å². The maximum absolute atomic E-state index is 11.4. The highest BCUT2D eigenvalue weighted by Gasteiger charge is 2.18. The number of nitrogens with two attached hydrogens (primary N) is 1. The van der Waals surface area contributed by atoms with Crippen LogP contribution in [-0.2, 0) is 0 Å². The molecule has 0 fully saturated rings. The van der Waals surface area contributed by atoms with Crippen LogP contribution in [0.1, 0.15) is 16.1 Å². The van der Waals surface area contributed by atoms with Crippen LogP contribution in [0.3, 0.4) is 0 Å². The Morgan fingerprint density at radius 2 is 2.25 bits per heavy atom. The van der Waals surface area contributed by atoms with E-state index < -0.39 is 5.91 Å². The maximum Gasteiger partial charge on any atom is 0.301 e. The average Bonchev–Trinajstić information content (AvgIpc) is 2.66. The predicted molar refractivity (Wildman–Crippen MR) is 59.2 cm³/mol. The average molecular weight is 220 g/mol. The number of furan rings is 1. The van der Waals surface area contributed by atoms with E-state index >= 15 is 0 Å². The number of benzene rings is 1. The third kappa shape index (κ3) is 1.42. The summed E-state index contributed by atoms with van der Waals surface area (Å²) >= 11 is 0. The zero-order valence-corrected chi connectivity index (χ0v) is 9.03. The lowest BCUT2D eigenvalue weighted by atomic mass is 10.1. The quantitative estimate of drug-likeness (QED) is 0.455. The molecule has 0 bridgehead atoms. The van der Waals surface area contributed by atoms with E-state index in [-0.39, 0.29) is 5.76 Å². The van der Waals surface area contributed by atoms with Crippen LogP contribution in [0.4, 0.5) is 0 Å². The van der Waals surface area contributed by atoms with Crippen molar-refractivity contribution in [2.75, 3.05) is 7.11 Å². The minimum absolute atomic E-state index is 0.210. The number of hydrazine groups is 1. The summed E-state index contributed by atoms with van der Waals surface area (Å²) in [5, 5.41) is 0.795. The third-order valence-electron chi connectivity index (χ3n) is 2.47. The molecule has 0 aliphatic carbocycles. The molecule has 0 aliphatic rings. The molecule has 0 saturated heterocycles. The second-order valence-corrected chi connectivity index (χ2v) is 3.36. The van der Waals surface area contributed by atoms with Gasteiger partial charge >= 0.3 is 5.91 Å². The van der Waals surface area contributed by atoms with Crippen LogP contribution in [0.15, 0.2) is 22.6 Å². The Hall–Kier alpha value is -2.01. The summed E-state index contributed by atoms with van der Waals surface area (Å²) < 4.78 is 10.6. The van der Waals surface area contributed by atoms with E-state index in [2.05, 4.69) is 0 Å². The Kier molecular flexibility index (Phi) is 2.54. The van der Waals surface area contributed by atoms with E-state index in [4.69, 9.17) is 15.0 Å². The zero-order valence-electron chi connectivity index (χ0n) is 9.03. The number of nitrogen functional groups attached to an aromatic ring is 1. The molecule has 16 heavy (non-hydrogen) atoms. The lowest BCUT2D eigenvalue weighted by Crippen LogP contribution is -2.30. The smallest absolute Gasteiger partial charge is 0.301 e. The van der Waals surface area contributed by atoms with Crippen LogP contribution in [0, 0.1) is 6.92 Å². The Labute approximate surface area is 92.1 Å². The summed E-state index contributed by atoms with van der Waals surface area (Å²) in [5.41, 5.74) is 3.37. The molecule has 0 saturated carbocycles. The lowest BCUT2D eigenvalue weighted by molar-refractivity contribution is 0.0927. The first-order valence-corrected chi connectivity index (χ1v) is 4.76. The summed E-state index contributed by atoms with van der Waals surface area (Å²) in [6.45, 7) is 1.79. The first-order valence-electron chi connectivity index (χ1n) is 4.76. The standard InChI is InChI=1S/C11H12N2O3/c1-6-9-7(15-2)4-3-5-8(9)16-10(6)11(14)13-12/h3-5H,12H2,1-2H3,(H,13,14). The molecule has 0 atom stereocenters. The van der Waals surface area contributed by atoms with Gasteiger partial charge in [-0.25, -0.2) is 5.84 Å². The first-order chi connectivity index (χ1) is 7.69. The Morgan fingerprint density at radius 3 is 2.88 bits per heavy atom. The van der Waals surface area contributed by atoms with E-state index in [1.807, 2.05) is 11.5 Å². The molecule has 1 aromatic carbocycles. The van der Waals surface area contributed by atoms with Gasteiger partial charge in [0.1, 0.15) is 11.3 Å². The van der Waals surface area contributed by atoms with Gasteiger partial charge in [0.2, 0.25) is 0 Å². The second kappa shape index (κ2) is 3.86. The molecule has 3 N–H and O–H groups in total. The monoisotopic (exact) mass is 220 g/mol. The highest BCUT2D eigenvalue weighted by atomic mass is 16.5. The number of rotatable bonds is 2. The molecule has 84 valence electrons. The molecular formula is C11H12N2O3. The molecule has 1 heterocycles. The summed E-state index contributed by atoms with van der Waals surface area (Å²) in [4.78, 5) is 11.4. The molecule has 1 aromatic heterocycles. The van der Waals surface area contributed by atoms with Crippen LogP contribution in [0.5, 0.6) is 5.75 Å². The number of carbonyl (C=O) groups is 1. The van der Waals surface area contributed by atoms with Gasteiger partial charge in [0.15, 0.2) is 5.76 Å². The molecule has 5 nitrogen and oxygen atoms in total. The van der Waals surface area contributed by atoms with E-state index in [1.54, 1.807) is 26.2 Å². The predicted octanol–water partition coefficient (Wildman–Crippen LogP) is 1.35. The van der Waals surface area contributed by atoms with Crippen molar-refractivity contribution in [3.63, 3.8) is 0 Å². The van der Waals surface area contributed by atoms with Crippen molar-refractivity contribution in [1.29, 1.82) is 0 Å². The van der Waals surface area contributed by atoms with Crippen LogP contribution >= 0.6 is 0 Å². The summed E-state index contributed by atoms with van der Waals surface area (Å²) in [6.07, 6.45) is 0. The van der Waals surface area contributed by atoms with Gasteiger partial charge in [-0.15, -0.1) is 0 Å². The summed E-state index contributed by atoms with van der Waals surface area (Å²) in [7, 11) is 1.57. The van der Waals surface area contributed by atoms with Gasteiger partial charge in [-0.2, -0.15) is 0 Å². The van der Waals surface area contributed by atoms with Crippen LogP contribution in [0.2, 0.25) is 0 Å². The van der Waals surface area contributed by atoms with Crippen LogP contribution in [0.25, 0.3) is 11.0 Å². The van der Waals surface area contributed by atoms with Crippen molar-refractivity contribution >= 4 is 16.9 Å². The van der Waals surface area contributed by atoms with Crippen molar-refractivity contribution in [3.8, 4) is 5.75 Å².